The molecule has 2 aromatic rings. The molecule has 0 saturated carbocycles. The van der Waals surface area contributed by atoms with Gasteiger partial charge in [-0.1, -0.05) is 18.2 Å². The van der Waals surface area contributed by atoms with E-state index >= 15 is 0 Å². The lowest BCUT2D eigenvalue weighted by molar-refractivity contribution is -0.146. The molecule has 2 aromatic carbocycles. The predicted octanol–water partition coefficient (Wildman–Crippen LogP) is 2.31. The first kappa shape index (κ1) is 17.4. The molecule has 0 aromatic heterocycles. The topological polar surface area (TPSA) is 81.7 Å². The van der Waals surface area contributed by atoms with Gasteiger partial charge in [0.1, 0.15) is 6.61 Å². The van der Waals surface area contributed by atoms with Crippen LogP contribution >= 0.6 is 0 Å². The van der Waals surface area contributed by atoms with Crippen molar-refractivity contribution in [1.29, 1.82) is 0 Å². The number of nitrogens with one attached hydrogen (secondary N) is 1. The summed E-state index contributed by atoms with van der Waals surface area (Å²) in [5, 5.41) is 2.74. The van der Waals surface area contributed by atoms with Gasteiger partial charge in [-0.05, 0) is 36.4 Å². The van der Waals surface area contributed by atoms with Crippen LogP contribution < -0.4 is 5.32 Å². The van der Waals surface area contributed by atoms with Crippen molar-refractivity contribution in [3.63, 3.8) is 0 Å². The highest BCUT2D eigenvalue weighted by Gasteiger charge is 2.10. The Morgan fingerprint density at radius 2 is 1.54 bits per heavy atom. The average molecular weight is 327 g/mol. The first-order chi connectivity index (χ1) is 11.6. The fourth-order valence-corrected chi connectivity index (χ4v) is 1.92. The zero-order chi connectivity index (χ0) is 17.4. The molecule has 24 heavy (non-hydrogen) atoms. The summed E-state index contributed by atoms with van der Waals surface area (Å²) in [5.74, 6) is -1.17. The standard InChI is InChI=1S/C18H17NO5/c1-23-12-17(21)24-11-16(20)13-7-9-15(10-8-13)19-18(22)14-5-3-2-4-6-14/h2-10H,11-12H2,1H3,(H,19,22). The minimum Gasteiger partial charge on any atom is -0.456 e. The Hall–Kier alpha value is -2.99. The molecule has 0 aliphatic carbocycles. The van der Waals surface area contributed by atoms with Crippen LogP contribution in [0, 0.1) is 0 Å². The second-order valence-electron chi connectivity index (χ2n) is 4.91. The van der Waals surface area contributed by atoms with Crippen LogP contribution in [-0.2, 0) is 14.3 Å². The molecule has 124 valence electrons. The highest BCUT2D eigenvalue weighted by molar-refractivity contribution is 6.04. The van der Waals surface area contributed by atoms with Gasteiger partial charge in [0.25, 0.3) is 5.91 Å². The van der Waals surface area contributed by atoms with Crippen LogP contribution in [-0.4, -0.2) is 38.0 Å². The smallest absolute Gasteiger partial charge is 0.332 e. The van der Waals surface area contributed by atoms with Crippen LogP contribution in [0.4, 0.5) is 5.69 Å². The number of ether oxygens (including phenoxy) is 2. The summed E-state index contributed by atoms with van der Waals surface area (Å²) in [6.07, 6.45) is 0. The molecule has 0 aliphatic rings. The third-order valence-electron chi connectivity index (χ3n) is 3.13. The third-order valence-corrected chi connectivity index (χ3v) is 3.13. The summed E-state index contributed by atoms with van der Waals surface area (Å²) in [4.78, 5) is 35.1. The van der Waals surface area contributed by atoms with Crippen LogP contribution in [0.2, 0.25) is 0 Å². The molecule has 6 nitrogen and oxygen atoms in total. The van der Waals surface area contributed by atoms with Crippen LogP contribution in [0.15, 0.2) is 54.6 Å². The Morgan fingerprint density at radius 1 is 0.875 bits per heavy atom. The predicted molar refractivity (Wildman–Crippen MR) is 88.0 cm³/mol. The quantitative estimate of drug-likeness (QED) is 0.623. The molecular formula is C18H17NO5. The van der Waals surface area contributed by atoms with Gasteiger partial charge in [0.2, 0.25) is 0 Å². The maximum atomic E-state index is 12.0. The number of carbonyl (C=O) groups is 3. The molecule has 0 spiro atoms. The molecule has 0 atom stereocenters. The molecule has 0 unspecified atom stereocenters. The zero-order valence-electron chi connectivity index (χ0n) is 13.2. The molecule has 6 heteroatoms. The van der Waals surface area contributed by atoms with Crippen molar-refractivity contribution >= 4 is 23.3 Å². The number of methoxy groups -OCH3 is 1. The van der Waals surface area contributed by atoms with Crippen molar-refractivity contribution in [2.75, 3.05) is 25.6 Å². The Balaban J connectivity index is 1.91. The van der Waals surface area contributed by atoms with Gasteiger partial charge in [-0.15, -0.1) is 0 Å². The molecule has 0 fully saturated rings. The molecule has 0 bridgehead atoms. The van der Waals surface area contributed by atoms with Gasteiger partial charge in [-0.25, -0.2) is 4.79 Å². The van der Waals surface area contributed by atoms with Gasteiger partial charge in [0.05, 0.1) is 0 Å². The molecule has 1 N–H and O–H groups in total. The summed E-state index contributed by atoms with van der Waals surface area (Å²) in [7, 11) is 1.37. The first-order valence-electron chi connectivity index (χ1n) is 7.24. The van der Waals surface area contributed by atoms with E-state index in [2.05, 4.69) is 10.1 Å². The van der Waals surface area contributed by atoms with E-state index in [9.17, 15) is 14.4 Å². The van der Waals surface area contributed by atoms with Gasteiger partial charge in [-0.3, -0.25) is 9.59 Å². The lowest BCUT2D eigenvalue weighted by Gasteiger charge is -2.07. The van der Waals surface area contributed by atoms with Crippen molar-refractivity contribution in [3.8, 4) is 0 Å². The monoisotopic (exact) mass is 327 g/mol. The van der Waals surface area contributed by atoms with E-state index in [0.717, 1.165) is 0 Å². The van der Waals surface area contributed by atoms with Crippen molar-refractivity contribution in [3.05, 3.63) is 65.7 Å². The van der Waals surface area contributed by atoms with E-state index in [4.69, 9.17) is 4.74 Å². The van der Waals surface area contributed by atoms with Crippen molar-refractivity contribution < 1.29 is 23.9 Å². The number of rotatable bonds is 7. The zero-order valence-corrected chi connectivity index (χ0v) is 13.2. The largest absolute Gasteiger partial charge is 0.456 e. The number of ketones is 1. The number of benzene rings is 2. The normalized spacial score (nSPS) is 10.0. The number of Topliss-reactive ketones (excluding diaryl/α,β-unsaturated/α-hetero) is 1. The minimum absolute atomic E-state index is 0.197. The van der Waals surface area contributed by atoms with E-state index in [0.29, 0.717) is 16.8 Å². The fraction of sp³-hybridized carbons (Fsp3) is 0.167. The Morgan fingerprint density at radius 3 is 2.17 bits per heavy atom. The molecule has 0 aliphatic heterocycles. The molecule has 2 rings (SSSR count). The Labute approximate surface area is 139 Å². The van der Waals surface area contributed by atoms with Crippen LogP contribution in [0.3, 0.4) is 0 Å². The Bertz CT molecular complexity index is 710. The van der Waals surface area contributed by atoms with E-state index < -0.39 is 5.97 Å². The van der Waals surface area contributed by atoms with E-state index in [1.165, 1.54) is 7.11 Å². The second kappa shape index (κ2) is 8.59. The molecule has 0 heterocycles. The molecular weight excluding hydrogens is 310 g/mol. The Kier molecular flexibility index (Phi) is 6.22. The summed E-state index contributed by atoms with van der Waals surface area (Å²) in [6.45, 7) is -0.546. The van der Waals surface area contributed by atoms with Gasteiger partial charge < -0.3 is 14.8 Å². The lowest BCUT2D eigenvalue weighted by atomic mass is 10.1. The summed E-state index contributed by atoms with van der Waals surface area (Å²) < 4.78 is 9.37. The number of hydrogen-bond acceptors (Lipinski definition) is 5. The molecule has 0 saturated heterocycles. The van der Waals surface area contributed by atoms with Gasteiger partial charge in [0.15, 0.2) is 12.4 Å². The van der Waals surface area contributed by atoms with Crippen LogP contribution in [0.25, 0.3) is 0 Å². The lowest BCUT2D eigenvalue weighted by Crippen LogP contribution is -2.17. The third kappa shape index (κ3) is 5.03. The number of esters is 1. The number of amides is 1. The maximum Gasteiger partial charge on any atom is 0.332 e. The molecule has 0 radical (unpaired) electrons. The van der Waals surface area contributed by atoms with Crippen LogP contribution in [0.1, 0.15) is 20.7 Å². The van der Waals surface area contributed by atoms with Crippen molar-refractivity contribution in [2.45, 2.75) is 0 Å². The van der Waals surface area contributed by atoms with Gasteiger partial charge in [-0.2, -0.15) is 0 Å². The first-order valence-corrected chi connectivity index (χ1v) is 7.24. The minimum atomic E-state index is -0.599. The van der Waals surface area contributed by atoms with Gasteiger partial charge in [0, 0.05) is 23.9 Å². The number of carbonyl (C=O) groups excluding carboxylic acids is 3. The SMILES string of the molecule is COCC(=O)OCC(=O)c1ccc(NC(=O)c2ccccc2)cc1. The van der Waals surface area contributed by atoms with Crippen molar-refractivity contribution in [1.82, 2.24) is 0 Å². The number of hydrogen-bond donors (Lipinski definition) is 1. The highest BCUT2D eigenvalue weighted by atomic mass is 16.6. The van der Waals surface area contributed by atoms with E-state index in [-0.39, 0.29) is 24.9 Å². The summed E-state index contributed by atoms with van der Waals surface area (Å²) in [5.41, 5.74) is 1.50. The maximum absolute atomic E-state index is 12.0. The summed E-state index contributed by atoms with van der Waals surface area (Å²) in [6, 6.07) is 15.2. The average Bonchev–Trinajstić information content (AvgIpc) is 2.61. The summed E-state index contributed by atoms with van der Waals surface area (Å²) >= 11 is 0. The highest BCUT2D eigenvalue weighted by Crippen LogP contribution is 2.12. The second-order valence-corrected chi connectivity index (χ2v) is 4.91. The van der Waals surface area contributed by atoms with E-state index in [1.807, 2.05) is 6.07 Å². The van der Waals surface area contributed by atoms with Gasteiger partial charge >= 0.3 is 5.97 Å². The fourth-order valence-electron chi connectivity index (χ4n) is 1.92. The van der Waals surface area contributed by atoms with Crippen LogP contribution in [0.5, 0.6) is 0 Å². The van der Waals surface area contributed by atoms with E-state index in [1.54, 1.807) is 48.5 Å². The number of anilines is 1. The molecule has 1 amide bonds. The van der Waals surface area contributed by atoms with Crippen molar-refractivity contribution in [2.24, 2.45) is 0 Å².